The average Bonchev–Trinajstić information content (AvgIpc) is 2.84. The van der Waals surface area contributed by atoms with Crippen molar-refractivity contribution >= 4 is 28.7 Å². The molecule has 3 rings (SSSR count). The van der Waals surface area contributed by atoms with Gasteiger partial charge in [0.05, 0.1) is 12.1 Å². The molecule has 36 heavy (non-hydrogen) atoms. The molecule has 2 aromatic carbocycles. The Bertz CT molecular complexity index is 1280. The number of fused-ring (bicyclic) bond motifs is 1. The van der Waals surface area contributed by atoms with Gasteiger partial charge in [0.15, 0.2) is 0 Å². The first-order chi connectivity index (χ1) is 16.9. The highest BCUT2D eigenvalue weighted by Crippen LogP contribution is 2.23. The maximum atomic E-state index is 12.5. The molecule has 9 nitrogen and oxygen atoms in total. The van der Waals surface area contributed by atoms with Gasteiger partial charge < -0.3 is 14.8 Å². The van der Waals surface area contributed by atoms with E-state index in [1.165, 1.54) is 24.3 Å². The van der Waals surface area contributed by atoms with E-state index in [9.17, 15) is 27.6 Å². The normalized spacial score (nSPS) is 12.9. The van der Waals surface area contributed by atoms with Crippen LogP contribution in [0, 0.1) is 6.92 Å². The number of alkyl halides is 3. The molecule has 0 saturated heterocycles. The third-order valence-electron chi connectivity index (χ3n) is 5.16. The number of aryl methyl sites for hydroxylation is 1. The number of amides is 2. The second-order valence-electron chi connectivity index (χ2n) is 7.99. The summed E-state index contributed by atoms with van der Waals surface area (Å²) < 4.78 is 47.7. The molecule has 0 aliphatic rings. The number of ether oxygens (including phenoxy) is 2. The number of hydrogen-bond donors (Lipinski definition) is 3. The summed E-state index contributed by atoms with van der Waals surface area (Å²) in [5.41, 5.74) is 1.30. The SMILES string of the molecule is Cc1cc(COc2ccc(C(=O)NC[C@](C)(OC(=O)C(F)(F)F)C(=O)NO)cc2)c2ccccc2n1. The Kier molecular flexibility index (Phi) is 7.78. The van der Waals surface area contributed by atoms with Crippen LogP contribution in [0.5, 0.6) is 5.75 Å². The molecule has 190 valence electrons. The number of carbonyl (C=O) groups excluding carboxylic acids is 3. The van der Waals surface area contributed by atoms with Crippen LogP contribution in [-0.4, -0.2) is 46.3 Å². The lowest BCUT2D eigenvalue weighted by Crippen LogP contribution is -2.55. The van der Waals surface area contributed by atoms with Gasteiger partial charge in [-0.15, -0.1) is 0 Å². The number of nitrogens with one attached hydrogen (secondary N) is 2. The summed E-state index contributed by atoms with van der Waals surface area (Å²) in [7, 11) is 0. The summed E-state index contributed by atoms with van der Waals surface area (Å²) in [5, 5.41) is 12.0. The minimum absolute atomic E-state index is 0.0986. The number of nitrogens with zero attached hydrogens (tertiary/aromatic N) is 1. The fraction of sp³-hybridized carbons (Fsp3) is 0.250. The van der Waals surface area contributed by atoms with E-state index in [0.29, 0.717) is 5.75 Å². The Balaban J connectivity index is 1.64. The van der Waals surface area contributed by atoms with E-state index in [1.54, 1.807) is 0 Å². The van der Waals surface area contributed by atoms with Gasteiger partial charge in [-0.2, -0.15) is 13.2 Å². The van der Waals surface area contributed by atoms with E-state index in [1.807, 2.05) is 37.3 Å². The molecule has 3 N–H and O–H groups in total. The molecule has 12 heteroatoms. The standard InChI is InChI=1S/C24H22F3N3O6/c1-14-11-16(18-5-3-4-6-19(18)29-14)12-35-17-9-7-15(8-10-17)20(31)28-13-23(2,21(32)30-34)36-22(33)24(25,26)27/h3-11,34H,12-13H2,1-2H3,(H,28,31)(H,30,32)/t23-/m0/s1. The Labute approximate surface area is 203 Å². The van der Waals surface area contributed by atoms with Gasteiger partial charge in [-0.3, -0.25) is 19.8 Å². The average molecular weight is 505 g/mol. The number of benzene rings is 2. The van der Waals surface area contributed by atoms with Gasteiger partial charge in [0.1, 0.15) is 12.4 Å². The number of halogens is 3. The molecule has 0 fully saturated rings. The Morgan fingerprint density at radius 1 is 1.06 bits per heavy atom. The first-order valence-electron chi connectivity index (χ1n) is 10.5. The van der Waals surface area contributed by atoms with Crippen molar-refractivity contribution in [3.8, 4) is 5.75 Å². The second-order valence-corrected chi connectivity index (χ2v) is 7.99. The number of hydroxylamine groups is 1. The topological polar surface area (TPSA) is 127 Å². The number of hydrogen-bond acceptors (Lipinski definition) is 7. The molecule has 0 saturated carbocycles. The highest BCUT2D eigenvalue weighted by atomic mass is 19.4. The molecule has 0 aliphatic heterocycles. The zero-order valence-electron chi connectivity index (χ0n) is 19.2. The number of esters is 1. The van der Waals surface area contributed by atoms with Crippen molar-refractivity contribution in [1.82, 2.24) is 15.8 Å². The molecule has 0 aliphatic carbocycles. The number of carbonyl (C=O) groups is 3. The molecule has 0 unspecified atom stereocenters. The lowest BCUT2D eigenvalue weighted by molar-refractivity contribution is -0.213. The van der Waals surface area contributed by atoms with Gasteiger partial charge in [-0.1, -0.05) is 18.2 Å². The summed E-state index contributed by atoms with van der Waals surface area (Å²) in [6.07, 6.45) is -5.38. The van der Waals surface area contributed by atoms with Crippen LogP contribution in [0.2, 0.25) is 0 Å². The molecule has 1 heterocycles. The maximum Gasteiger partial charge on any atom is 0.490 e. The Hall–Kier alpha value is -4.19. The molecule has 1 atom stereocenters. The van der Waals surface area contributed by atoms with Gasteiger partial charge in [0, 0.05) is 22.2 Å². The second kappa shape index (κ2) is 10.6. The predicted octanol–water partition coefficient (Wildman–Crippen LogP) is 3.22. The van der Waals surface area contributed by atoms with Crippen molar-refractivity contribution in [2.45, 2.75) is 32.2 Å². The van der Waals surface area contributed by atoms with Crippen LogP contribution in [0.4, 0.5) is 13.2 Å². The first kappa shape index (κ1) is 26.4. The minimum Gasteiger partial charge on any atom is -0.489 e. The van der Waals surface area contributed by atoms with Gasteiger partial charge >= 0.3 is 12.1 Å². The largest absolute Gasteiger partial charge is 0.490 e. The van der Waals surface area contributed by atoms with Crippen molar-refractivity contribution < 1.29 is 42.2 Å². The fourth-order valence-corrected chi connectivity index (χ4v) is 3.27. The lowest BCUT2D eigenvalue weighted by atomic mass is 10.1. The summed E-state index contributed by atoms with van der Waals surface area (Å²) in [5.74, 6) is -4.42. The molecule has 0 spiro atoms. The smallest absolute Gasteiger partial charge is 0.489 e. The monoisotopic (exact) mass is 505 g/mol. The highest BCUT2D eigenvalue weighted by molar-refractivity contribution is 5.95. The molecule has 0 radical (unpaired) electrons. The zero-order valence-corrected chi connectivity index (χ0v) is 19.2. The van der Waals surface area contributed by atoms with E-state index in [2.05, 4.69) is 15.0 Å². The minimum atomic E-state index is -5.38. The van der Waals surface area contributed by atoms with E-state index in [4.69, 9.17) is 9.94 Å². The van der Waals surface area contributed by atoms with E-state index >= 15 is 0 Å². The van der Waals surface area contributed by atoms with E-state index in [-0.39, 0.29) is 12.2 Å². The number of pyridine rings is 1. The van der Waals surface area contributed by atoms with Crippen molar-refractivity contribution in [1.29, 1.82) is 0 Å². The van der Waals surface area contributed by atoms with Crippen LogP contribution in [0.25, 0.3) is 10.9 Å². The van der Waals surface area contributed by atoms with Crippen molar-refractivity contribution in [3.05, 3.63) is 71.4 Å². The summed E-state index contributed by atoms with van der Waals surface area (Å²) in [4.78, 5) is 39.9. The fourth-order valence-electron chi connectivity index (χ4n) is 3.27. The number of rotatable bonds is 8. The molecule has 2 amide bonds. The van der Waals surface area contributed by atoms with E-state index < -0.39 is 36.1 Å². The zero-order chi connectivity index (χ0) is 26.5. The van der Waals surface area contributed by atoms with Gasteiger partial charge in [0.25, 0.3) is 11.8 Å². The molecule has 0 bridgehead atoms. The van der Waals surface area contributed by atoms with E-state index in [0.717, 1.165) is 34.6 Å². The molecular formula is C24H22F3N3O6. The van der Waals surface area contributed by atoms with Gasteiger partial charge in [-0.25, -0.2) is 10.3 Å². The first-order valence-corrected chi connectivity index (χ1v) is 10.5. The van der Waals surface area contributed by atoms with Crippen LogP contribution in [-0.2, 0) is 20.9 Å². The summed E-state index contributed by atoms with van der Waals surface area (Å²) in [6, 6.07) is 15.4. The molecular weight excluding hydrogens is 483 g/mol. The maximum absolute atomic E-state index is 12.5. The van der Waals surface area contributed by atoms with Crippen LogP contribution in [0.3, 0.4) is 0 Å². The number of para-hydroxylation sites is 1. The quantitative estimate of drug-likeness (QED) is 0.244. The van der Waals surface area contributed by atoms with Crippen LogP contribution < -0.4 is 15.5 Å². The Morgan fingerprint density at radius 3 is 2.36 bits per heavy atom. The lowest BCUT2D eigenvalue weighted by Gasteiger charge is -2.27. The van der Waals surface area contributed by atoms with Gasteiger partial charge in [-0.05, 0) is 50.2 Å². The van der Waals surface area contributed by atoms with Crippen LogP contribution >= 0.6 is 0 Å². The number of aromatic nitrogens is 1. The third-order valence-corrected chi connectivity index (χ3v) is 5.16. The predicted molar refractivity (Wildman–Crippen MR) is 120 cm³/mol. The van der Waals surface area contributed by atoms with Crippen molar-refractivity contribution in [2.24, 2.45) is 0 Å². The van der Waals surface area contributed by atoms with Gasteiger partial charge in [0.2, 0.25) is 5.60 Å². The third kappa shape index (κ3) is 6.27. The van der Waals surface area contributed by atoms with Crippen molar-refractivity contribution in [3.63, 3.8) is 0 Å². The van der Waals surface area contributed by atoms with Crippen LogP contribution in [0.1, 0.15) is 28.5 Å². The van der Waals surface area contributed by atoms with Crippen LogP contribution in [0.15, 0.2) is 54.6 Å². The Morgan fingerprint density at radius 2 is 1.72 bits per heavy atom. The van der Waals surface area contributed by atoms with Crippen molar-refractivity contribution in [2.75, 3.05) is 6.54 Å². The molecule has 3 aromatic rings. The highest BCUT2D eigenvalue weighted by Gasteiger charge is 2.48. The summed E-state index contributed by atoms with van der Waals surface area (Å²) >= 11 is 0. The molecule has 1 aromatic heterocycles. The summed E-state index contributed by atoms with van der Waals surface area (Å²) in [6.45, 7) is 2.09.